The van der Waals surface area contributed by atoms with E-state index in [2.05, 4.69) is 42.1 Å². The highest BCUT2D eigenvalue weighted by atomic mass is 32.2. The number of fused-ring (bicyclic) bond motifs is 1. The SMILES string of the molecule is CNc1cncc(-c2c[nH]c(=O)c(NC3=NSC4C=CC=CC34)c2)n1. The lowest BCUT2D eigenvalue weighted by atomic mass is 9.99. The molecular weight excluding hydrogens is 336 g/mol. The lowest BCUT2D eigenvalue weighted by Crippen LogP contribution is -2.27. The van der Waals surface area contributed by atoms with Gasteiger partial charge in [0.1, 0.15) is 17.3 Å². The fourth-order valence-electron chi connectivity index (χ4n) is 2.71. The maximum Gasteiger partial charge on any atom is 0.271 e. The van der Waals surface area contributed by atoms with E-state index in [9.17, 15) is 4.79 Å². The minimum absolute atomic E-state index is 0.158. The van der Waals surface area contributed by atoms with Gasteiger partial charge in [-0.1, -0.05) is 24.3 Å². The fourth-order valence-corrected chi connectivity index (χ4v) is 3.62. The van der Waals surface area contributed by atoms with Crippen LogP contribution in [0.15, 0.2) is 58.2 Å². The predicted molar refractivity (Wildman–Crippen MR) is 102 cm³/mol. The fraction of sp³-hybridized carbons (Fsp3) is 0.176. The van der Waals surface area contributed by atoms with E-state index in [-0.39, 0.29) is 16.7 Å². The Morgan fingerprint density at radius 1 is 1.24 bits per heavy atom. The number of allylic oxidation sites excluding steroid dienone is 2. The highest BCUT2D eigenvalue weighted by Crippen LogP contribution is 2.34. The van der Waals surface area contributed by atoms with E-state index < -0.39 is 0 Å². The van der Waals surface area contributed by atoms with E-state index in [0.717, 1.165) is 11.4 Å². The number of aromatic amines is 1. The zero-order valence-electron chi connectivity index (χ0n) is 13.4. The number of amidine groups is 1. The number of nitrogens with zero attached hydrogens (tertiary/aromatic N) is 3. The molecule has 2 aromatic rings. The molecule has 2 aromatic heterocycles. The van der Waals surface area contributed by atoms with Gasteiger partial charge < -0.3 is 15.6 Å². The van der Waals surface area contributed by atoms with Crippen LogP contribution in [-0.2, 0) is 0 Å². The maximum atomic E-state index is 12.2. The molecule has 0 bridgehead atoms. The summed E-state index contributed by atoms with van der Waals surface area (Å²) >= 11 is 1.51. The van der Waals surface area contributed by atoms with E-state index in [1.165, 1.54) is 11.9 Å². The Labute approximate surface area is 148 Å². The number of rotatable bonds is 3. The van der Waals surface area contributed by atoms with Gasteiger partial charge in [-0.25, -0.2) is 9.38 Å². The third-order valence-corrected chi connectivity index (χ3v) is 5.02. The van der Waals surface area contributed by atoms with Crippen LogP contribution >= 0.6 is 11.9 Å². The smallest absolute Gasteiger partial charge is 0.271 e. The van der Waals surface area contributed by atoms with Gasteiger partial charge in [-0.3, -0.25) is 9.78 Å². The molecule has 2 aliphatic rings. The van der Waals surface area contributed by atoms with Crippen molar-refractivity contribution in [2.75, 3.05) is 17.7 Å². The summed E-state index contributed by atoms with van der Waals surface area (Å²) < 4.78 is 4.48. The monoisotopic (exact) mass is 352 g/mol. The number of H-pyrrole nitrogens is 1. The third kappa shape index (κ3) is 3.08. The summed E-state index contributed by atoms with van der Waals surface area (Å²) in [6, 6.07) is 1.77. The minimum Gasteiger partial charge on any atom is -0.372 e. The molecule has 0 fully saturated rings. The Bertz CT molecular complexity index is 948. The van der Waals surface area contributed by atoms with Crippen LogP contribution in [0.5, 0.6) is 0 Å². The second-order valence-corrected chi connectivity index (χ2v) is 6.58. The van der Waals surface area contributed by atoms with Gasteiger partial charge in [-0.2, -0.15) is 0 Å². The summed E-state index contributed by atoms with van der Waals surface area (Å²) in [6.07, 6.45) is 13.2. The molecule has 0 saturated carbocycles. The molecular formula is C17H16N6OS. The quantitative estimate of drug-likeness (QED) is 0.735. The maximum absolute atomic E-state index is 12.2. The Hall–Kier alpha value is -2.87. The largest absolute Gasteiger partial charge is 0.372 e. The molecule has 3 heterocycles. The van der Waals surface area contributed by atoms with Crippen molar-refractivity contribution in [2.45, 2.75) is 5.25 Å². The van der Waals surface area contributed by atoms with Crippen molar-refractivity contribution >= 4 is 29.3 Å². The first-order valence-corrected chi connectivity index (χ1v) is 8.67. The van der Waals surface area contributed by atoms with Gasteiger partial charge in [-0.15, -0.1) is 0 Å². The molecule has 126 valence electrons. The van der Waals surface area contributed by atoms with Gasteiger partial charge in [0.05, 0.1) is 29.3 Å². The molecule has 0 aromatic carbocycles. The van der Waals surface area contributed by atoms with E-state index >= 15 is 0 Å². The second-order valence-electron chi connectivity index (χ2n) is 5.64. The zero-order chi connectivity index (χ0) is 17.2. The number of aromatic nitrogens is 3. The summed E-state index contributed by atoms with van der Waals surface area (Å²) in [5.74, 6) is 1.61. The molecule has 0 saturated heterocycles. The summed E-state index contributed by atoms with van der Waals surface area (Å²) in [4.78, 5) is 23.6. The zero-order valence-corrected chi connectivity index (χ0v) is 14.2. The Morgan fingerprint density at radius 2 is 2.12 bits per heavy atom. The van der Waals surface area contributed by atoms with Crippen molar-refractivity contribution < 1.29 is 0 Å². The predicted octanol–water partition coefficient (Wildman–Crippen LogP) is 2.46. The van der Waals surface area contributed by atoms with Crippen LogP contribution in [0, 0.1) is 5.92 Å². The first-order chi connectivity index (χ1) is 12.2. The van der Waals surface area contributed by atoms with Gasteiger partial charge in [0.25, 0.3) is 5.56 Å². The van der Waals surface area contributed by atoms with Crippen LogP contribution in [0.2, 0.25) is 0 Å². The Morgan fingerprint density at radius 3 is 3.00 bits per heavy atom. The van der Waals surface area contributed by atoms with Crippen LogP contribution in [0.1, 0.15) is 0 Å². The van der Waals surface area contributed by atoms with E-state index in [0.29, 0.717) is 17.2 Å². The molecule has 0 spiro atoms. The first kappa shape index (κ1) is 15.6. The molecule has 3 N–H and O–H groups in total. The summed E-state index contributed by atoms with van der Waals surface area (Å²) in [5, 5.41) is 6.42. The van der Waals surface area contributed by atoms with Crippen LogP contribution in [-0.4, -0.2) is 33.1 Å². The molecule has 0 amide bonds. The molecule has 25 heavy (non-hydrogen) atoms. The lowest BCUT2D eigenvalue weighted by molar-refractivity contribution is 0.904. The molecule has 0 radical (unpaired) electrons. The lowest BCUT2D eigenvalue weighted by Gasteiger charge is -2.16. The van der Waals surface area contributed by atoms with E-state index in [1.807, 2.05) is 12.2 Å². The number of pyridine rings is 1. The van der Waals surface area contributed by atoms with Crippen molar-refractivity contribution in [1.82, 2.24) is 15.0 Å². The van der Waals surface area contributed by atoms with Gasteiger partial charge >= 0.3 is 0 Å². The Balaban J connectivity index is 1.63. The Kier molecular flexibility index (Phi) is 4.10. The number of anilines is 2. The summed E-state index contributed by atoms with van der Waals surface area (Å²) in [7, 11) is 1.78. The number of nitrogens with one attached hydrogen (secondary N) is 3. The van der Waals surface area contributed by atoms with Crippen LogP contribution in [0.25, 0.3) is 11.3 Å². The topological polar surface area (TPSA) is 95.1 Å². The molecule has 1 aliphatic heterocycles. The molecule has 1 aliphatic carbocycles. The average Bonchev–Trinajstić information content (AvgIpc) is 3.07. The van der Waals surface area contributed by atoms with Crippen LogP contribution in [0.3, 0.4) is 0 Å². The number of hydrogen-bond acceptors (Lipinski definition) is 7. The third-order valence-electron chi connectivity index (χ3n) is 4.03. The standard InChI is InChI=1S/C17H16N6OS/c1-18-15-9-19-8-13(21-15)10-6-12(17(24)20-7-10)22-16-11-4-2-3-5-14(11)25-23-16/h2-9,11,14H,1H3,(H,18,21)(H,20,24)(H,22,23). The molecule has 4 rings (SSSR count). The van der Waals surface area contributed by atoms with Crippen molar-refractivity contribution in [2.24, 2.45) is 10.3 Å². The molecule has 2 unspecified atom stereocenters. The average molecular weight is 352 g/mol. The van der Waals surface area contributed by atoms with Crippen molar-refractivity contribution in [3.05, 3.63) is 59.3 Å². The molecule has 8 heteroatoms. The van der Waals surface area contributed by atoms with E-state index in [4.69, 9.17) is 0 Å². The summed E-state index contributed by atoms with van der Waals surface area (Å²) in [5.41, 5.74) is 1.69. The van der Waals surface area contributed by atoms with Crippen molar-refractivity contribution in [3.8, 4) is 11.3 Å². The van der Waals surface area contributed by atoms with Gasteiger partial charge in [-0.05, 0) is 18.0 Å². The second kappa shape index (κ2) is 6.56. The normalized spacial score (nSPS) is 20.9. The molecule has 2 atom stereocenters. The number of hydrogen-bond donors (Lipinski definition) is 3. The highest BCUT2D eigenvalue weighted by Gasteiger charge is 2.30. The minimum atomic E-state index is -0.201. The first-order valence-electron chi connectivity index (χ1n) is 7.83. The van der Waals surface area contributed by atoms with Crippen LogP contribution in [0.4, 0.5) is 11.5 Å². The summed E-state index contributed by atoms with van der Waals surface area (Å²) in [6.45, 7) is 0. The van der Waals surface area contributed by atoms with Gasteiger partial charge in [0.2, 0.25) is 0 Å². The van der Waals surface area contributed by atoms with Crippen LogP contribution < -0.4 is 16.2 Å². The highest BCUT2D eigenvalue weighted by molar-refractivity contribution is 7.99. The van der Waals surface area contributed by atoms with Crippen molar-refractivity contribution in [1.29, 1.82) is 0 Å². The van der Waals surface area contributed by atoms with Gasteiger partial charge in [0, 0.05) is 18.8 Å². The molecule has 7 nitrogen and oxygen atoms in total. The van der Waals surface area contributed by atoms with E-state index in [1.54, 1.807) is 31.7 Å². The van der Waals surface area contributed by atoms with Gasteiger partial charge in [0.15, 0.2) is 0 Å². The van der Waals surface area contributed by atoms with Crippen molar-refractivity contribution in [3.63, 3.8) is 0 Å².